The average Bonchev–Trinajstić information content (AvgIpc) is 3.72. The molecule has 3 aromatic rings. The Labute approximate surface area is 378 Å². The number of quaternary nitrogens is 1. The fraction of sp³-hybridized carbons (Fsp3) is 0.415. The minimum absolute atomic E-state index is 0.0697. The number of halogens is 2. The zero-order valence-electron chi connectivity index (χ0n) is 37.2. The van der Waals surface area contributed by atoms with Gasteiger partial charge in [0.1, 0.15) is 30.2 Å². The summed E-state index contributed by atoms with van der Waals surface area (Å²) in [5.74, 6) is -3.69. The van der Waals surface area contributed by atoms with E-state index in [1.165, 1.54) is 14.0 Å². The molecule has 0 saturated carbocycles. The van der Waals surface area contributed by atoms with Crippen LogP contribution in [0.25, 0.3) is 6.08 Å². The Morgan fingerprint density at radius 1 is 0.985 bits per heavy atom. The van der Waals surface area contributed by atoms with Crippen LogP contribution in [-0.4, -0.2) is 127 Å². The van der Waals surface area contributed by atoms with E-state index in [0.717, 1.165) is 68.4 Å². The van der Waals surface area contributed by atoms with Gasteiger partial charge in [-0.1, -0.05) is 0 Å². The van der Waals surface area contributed by atoms with Gasteiger partial charge in [-0.15, -0.1) is 0 Å². The molecule has 2 aliphatic rings. The van der Waals surface area contributed by atoms with Crippen LogP contribution >= 0.6 is 0 Å². The lowest BCUT2D eigenvalue weighted by atomic mass is 9.89. The number of carbonyl (C=O) groups is 3. The van der Waals surface area contributed by atoms with Gasteiger partial charge in [-0.05, 0) is 62.7 Å². The maximum Gasteiger partial charge on any atom is 0.737 e. The molecule has 2 aliphatic heterocycles. The molecular formula is C41H50BF2N7O14S. The molecule has 356 valence electrons. The SMILES string of the molecule is COc1cc(C(C)OC(=O)Oc2ccc([N+](=O)[O-])cc2)c([N+](=O)[O-])cc1OCCNC(=O)C(CS(=O)(=O)[O-])NC(=O)CCC1=[N+]2C(=Cc3c(CCC[N+](C)(C)C)cc(C)n3[B-]2(F)F)C(C)=C1. The first-order valence-electron chi connectivity index (χ1n) is 20.5. The van der Waals surface area contributed by atoms with E-state index in [2.05, 4.69) is 31.8 Å². The van der Waals surface area contributed by atoms with Crippen molar-refractivity contribution in [2.75, 3.05) is 53.7 Å². The van der Waals surface area contributed by atoms with Gasteiger partial charge in [0.2, 0.25) is 11.8 Å². The van der Waals surface area contributed by atoms with E-state index in [1.54, 1.807) is 32.1 Å². The van der Waals surface area contributed by atoms with Crippen molar-refractivity contribution < 1.29 is 73.7 Å². The van der Waals surface area contributed by atoms with E-state index in [-0.39, 0.29) is 52.9 Å². The Hall–Kier alpha value is -6.73. The van der Waals surface area contributed by atoms with Crippen LogP contribution in [0.5, 0.6) is 17.2 Å². The van der Waals surface area contributed by atoms with Crippen molar-refractivity contribution in [1.29, 1.82) is 0 Å². The smallest absolute Gasteiger partial charge is 0.737 e. The zero-order chi connectivity index (χ0) is 48.9. The number of nitrogens with zero attached hydrogens (tertiary/aromatic N) is 5. The number of fused-ring (bicyclic) bond motifs is 2. The van der Waals surface area contributed by atoms with Crippen molar-refractivity contribution in [3.05, 3.63) is 103 Å². The quantitative estimate of drug-likeness (QED) is 0.0217. The van der Waals surface area contributed by atoms with Gasteiger partial charge in [-0.25, -0.2) is 13.2 Å². The van der Waals surface area contributed by atoms with E-state index in [1.807, 2.05) is 0 Å². The number of nitro benzene ring substituents is 2. The number of benzene rings is 2. The van der Waals surface area contributed by atoms with E-state index in [4.69, 9.17) is 18.9 Å². The molecule has 2 atom stereocenters. The van der Waals surface area contributed by atoms with Gasteiger partial charge in [0.25, 0.3) is 11.4 Å². The highest BCUT2D eigenvalue weighted by atomic mass is 32.2. The first kappa shape index (κ1) is 50.3. The van der Waals surface area contributed by atoms with Crippen molar-refractivity contribution in [2.45, 2.75) is 58.6 Å². The second kappa shape index (κ2) is 20.2. The normalized spacial score (nSPS) is 15.1. The monoisotopic (exact) mass is 945 g/mol. The van der Waals surface area contributed by atoms with Crippen LogP contribution < -0.4 is 24.8 Å². The number of hydrogen-bond donors (Lipinski definition) is 2. The Morgan fingerprint density at radius 3 is 2.27 bits per heavy atom. The number of rotatable bonds is 21. The van der Waals surface area contributed by atoms with Crippen molar-refractivity contribution in [3.8, 4) is 17.2 Å². The molecule has 0 fully saturated rings. The summed E-state index contributed by atoms with van der Waals surface area (Å²) in [6, 6.07) is 6.50. The molecular weight excluding hydrogens is 895 g/mol. The molecule has 0 radical (unpaired) electrons. The number of hydrogen-bond acceptors (Lipinski definition) is 14. The van der Waals surface area contributed by atoms with Crippen molar-refractivity contribution in [1.82, 2.24) is 15.1 Å². The van der Waals surface area contributed by atoms with Crippen molar-refractivity contribution >= 4 is 58.2 Å². The molecule has 0 bridgehead atoms. The minimum atomic E-state index is -5.09. The predicted octanol–water partition coefficient (Wildman–Crippen LogP) is 4.53. The van der Waals surface area contributed by atoms with Gasteiger partial charge in [0, 0.05) is 54.8 Å². The topological polar surface area (TPSA) is 264 Å². The number of amides is 2. The molecule has 21 nitrogen and oxygen atoms in total. The lowest BCUT2D eigenvalue weighted by molar-refractivity contribution is -0.870. The maximum atomic E-state index is 16.4. The summed E-state index contributed by atoms with van der Waals surface area (Å²) in [6.45, 7) is 0.299. The number of nitrogens with one attached hydrogen (secondary N) is 2. The summed E-state index contributed by atoms with van der Waals surface area (Å²) in [6.07, 6.45) is 1.43. The largest absolute Gasteiger partial charge is 0.748 e. The lowest BCUT2D eigenvalue weighted by Gasteiger charge is -2.31. The third-order valence-corrected chi connectivity index (χ3v) is 11.4. The molecule has 2 unspecified atom stereocenters. The summed E-state index contributed by atoms with van der Waals surface area (Å²) in [5, 5.41) is 27.5. The summed E-state index contributed by atoms with van der Waals surface area (Å²) < 4.78 is 92.0. The fourth-order valence-electron chi connectivity index (χ4n) is 7.62. The fourth-order valence-corrected chi connectivity index (χ4v) is 8.27. The van der Waals surface area contributed by atoms with Crippen LogP contribution in [0.3, 0.4) is 0 Å². The number of methoxy groups -OCH3 is 1. The molecule has 66 heavy (non-hydrogen) atoms. The Kier molecular flexibility index (Phi) is 15.4. The number of carbonyl (C=O) groups excluding carboxylic acids is 3. The summed E-state index contributed by atoms with van der Waals surface area (Å²) in [5.41, 5.74) is 1.61. The lowest BCUT2D eigenvalue weighted by Crippen LogP contribution is -2.51. The van der Waals surface area contributed by atoms with Crippen LogP contribution in [0.15, 0.2) is 59.8 Å². The van der Waals surface area contributed by atoms with Crippen LogP contribution in [0.1, 0.15) is 61.7 Å². The Balaban J connectivity index is 1.20. The van der Waals surface area contributed by atoms with E-state index >= 15 is 8.63 Å². The molecule has 5 rings (SSSR count). The van der Waals surface area contributed by atoms with E-state index < -0.39 is 81.5 Å². The van der Waals surface area contributed by atoms with Crippen LogP contribution in [0, 0.1) is 27.2 Å². The molecule has 2 aromatic carbocycles. The second-order valence-electron chi connectivity index (χ2n) is 16.7. The van der Waals surface area contributed by atoms with Crippen molar-refractivity contribution in [3.63, 3.8) is 0 Å². The summed E-state index contributed by atoms with van der Waals surface area (Å²) >= 11 is 0. The Bertz CT molecular complexity index is 2630. The van der Waals surface area contributed by atoms with Crippen LogP contribution in [0.2, 0.25) is 0 Å². The van der Waals surface area contributed by atoms with Gasteiger partial charge in [-0.3, -0.25) is 29.8 Å². The van der Waals surface area contributed by atoms with E-state index in [0.29, 0.717) is 23.4 Å². The van der Waals surface area contributed by atoms with Gasteiger partial charge in [0.15, 0.2) is 17.2 Å². The maximum absolute atomic E-state index is 16.4. The van der Waals surface area contributed by atoms with Gasteiger partial charge < -0.3 is 56.2 Å². The van der Waals surface area contributed by atoms with Gasteiger partial charge in [-0.2, -0.15) is 0 Å². The highest BCUT2D eigenvalue weighted by Crippen LogP contribution is 2.40. The number of non-ortho nitro benzene ring substituents is 1. The van der Waals surface area contributed by atoms with Gasteiger partial charge >= 0.3 is 13.1 Å². The number of ether oxygens (including phenoxy) is 4. The first-order valence-corrected chi connectivity index (χ1v) is 22.1. The molecule has 1 aromatic heterocycles. The van der Waals surface area contributed by atoms with E-state index in [9.17, 15) is 47.6 Å². The molecule has 0 saturated heterocycles. The molecule has 0 aliphatic carbocycles. The van der Waals surface area contributed by atoms with Gasteiger partial charge in [0.05, 0.1) is 78.7 Å². The third-order valence-electron chi connectivity index (χ3n) is 10.6. The Morgan fingerprint density at radius 2 is 1.67 bits per heavy atom. The average molecular weight is 946 g/mol. The summed E-state index contributed by atoms with van der Waals surface area (Å²) in [4.78, 5) is 60.2. The number of nitro groups is 2. The van der Waals surface area contributed by atoms with Crippen LogP contribution in [-0.2, 0) is 30.9 Å². The first-order chi connectivity index (χ1) is 30.8. The highest BCUT2D eigenvalue weighted by Gasteiger charge is 2.53. The molecule has 2 N–H and O–H groups in total. The third kappa shape index (κ3) is 12.3. The highest BCUT2D eigenvalue weighted by molar-refractivity contribution is 7.85. The number of allylic oxidation sites excluding steroid dienone is 2. The zero-order valence-corrected chi connectivity index (χ0v) is 38.0. The van der Waals surface area contributed by atoms with Crippen LogP contribution in [0.4, 0.5) is 24.8 Å². The number of aromatic nitrogens is 1. The predicted molar refractivity (Wildman–Crippen MR) is 233 cm³/mol. The molecule has 3 heterocycles. The number of aryl methyl sites for hydroxylation is 2. The summed E-state index contributed by atoms with van der Waals surface area (Å²) in [7, 11) is 2.30. The second-order valence-corrected chi connectivity index (χ2v) is 18.1. The molecule has 25 heteroatoms. The standard InChI is InChI=1S/C41H50BF2N7O14S/c1-25-19-30(48-34(25)22-35-28(9-8-17-51(4,5)6)20-26(2)47(35)42(48,43)44)12-15-39(52)46-33(24-66(59,60)61)40(53)45-16-18-63-38-23-36(50(57)58)32(21-37(38)62-7)27(3)64-41(54)65-31-13-10-29(11-14-31)49(55)56/h10-11,13-14,19-23,27,33H,8-9,12,15-18,24H2,1-7H3,(H2-,45,46,52,53,59,60,61). The molecule has 0 spiro atoms. The van der Waals surface area contributed by atoms with Crippen molar-refractivity contribution in [2.24, 2.45) is 0 Å². The minimum Gasteiger partial charge on any atom is -0.748 e. The molecule has 2 amide bonds.